The van der Waals surface area contributed by atoms with E-state index in [1.54, 1.807) is 24.5 Å². The lowest BCUT2D eigenvalue weighted by molar-refractivity contribution is -0.127. The Hall–Kier alpha value is -2.25. The van der Waals surface area contributed by atoms with Crippen molar-refractivity contribution in [2.45, 2.75) is 31.7 Å². The first kappa shape index (κ1) is 17.2. The van der Waals surface area contributed by atoms with E-state index in [1.807, 2.05) is 4.90 Å². The number of rotatable bonds is 5. The third-order valence-corrected chi connectivity index (χ3v) is 5.16. The van der Waals surface area contributed by atoms with E-state index in [0.717, 1.165) is 12.5 Å². The summed E-state index contributed by atoms with van der Waals surface area (Å²) >= 11 is 0. The van der Waals surface area contributed by atoms with Gasteiger partial charge in [0.2, 0.25) is 5.91 Å². The van der Waals surface area contributed by atoms with Crippen molar-refractivity contribution in [2.75, 3.05) is 13.2 Å². The molecule has 0 radical (unpaired) electrons. The van der Waals surface area contributed by atoms with Gasteiger partial charge in [-0.25, -0.2) is 8.78 Å². The van der Waals surface area contributed by atoms with Gasteiger partial charge in [0.1, 0.15) is 5.76 Å². The Morgan fingerprint density at radius 2 is 2.15 bits per heavy atom. The Kier molecular flexibility index (Phi) is 4.74. The van der Waals surface area contributed by atoms with Gasteiger partial charge in [0, 0.05) is 31.3 Å². The highest BCUT2D eigenvalue weighted by Crippen LogP contribution is 2.35. The zero-order valence-electron chi connectivity index (χ0n) is 14.2. The smallest absolute Gasteiger partial charge is 0.227 e. The number of nitrogens with one attached hydrogen (secondary N) is 1. The van der Waals surface area contributed by atoms with E-state index >= 15 is 0 Å². The minimum atomic E-state index is -0.853. The summed E-state index contributed by atoms with van der Waals surface area (Å²) in [5.41, 5.74) is 0.298. The molecule has 7 heteroatoms. The first-order valence-electron chi connectivity index (χ1n) is 8.72. The van der Waals surface area contributed by atoms with Gasteiger partial charge in [-0.2, -0.15) is 0 Å². The third-order valence-electron chi connectivity index (χ3n) is 5.16. The van der Waals surface area contributed by atoms with Crippen LogP contribution in [0.3, 0.4) is 0 Å². The molecule has 1 aromatic heterocycles. The molecule has 2 aliphatic heterocycles. The molecule has 2 aromatic rings. The number of hydrogen-bond donors (Lipinski definition) is 1. The number of benzene rings is 1. The van der Waals surface area contributed by atoms with Crippen LogP contribution in [0.15, 0.2) is 41.0 Å². The Labute approximate surface area is 149 Å². The number of likely N-dealkylation sites (tertiary alicyclic amines) is 1. The summed E-state index contributed by atoms with van der Waals surface area (Å²) < 4.78 is 38.5. The molecule has 0 bridgehead atoms. The first-order valence-corrected chi connectivity index (χ1v) is 8.72. The summed E-state index contributed by atoms with van der Waals surface area (Å²) in [6.07, 6.45) is 2.12. The van der Waals surface area contributed by atoms with Crippen LogP contribution in [0.4, 0.5) is 8.78 Å². The summed E-state index contributed by atoms with van der Waals surface area (Å²) in [5.74, 6) is -1.45. The predicted molar refractivity (Wildman–Crippen MR) is 89.0 cm³/mol. The Bertz CT molecular complexity index is 781. The standard InChI is InChI=1S/C19H20F2N2O3/c20-15-5-1-3-12(17(15)21)10-23-11-14(18-16(23)6-8-26-18)19(24)22-9-13-4-2-7-25-13/h1-5,7,14,16,18H,6,8-11H2,(H,22,24)/t14-,16+,18+/m0/s1. The molecular weight excluding hydrogens is 342 g/mol. The van der Waals surface area contributed by atoms with E-state index in [2.05, 4.69) is 5.32 Å². The molecule has 1 N–H and O–H groups in total. The van der Waals surface area contributed by atoms with Crippen LogP contribution in [0.5, 0.6) is 0 Å². The highest BCUT2D eigenvalue weighted by molar-refractivity contribution is 5.80. The quantitative estimate of drug-likeness (QED) is 0.888. The molecule has 1 aromatic carbocycles. The summed E-state index contributed by atoms with van der Waals surface area (Å²) in [6, 6.07) is 7.78. The predicted octanol–water partition coefficient (Wildman–Crippen LogP) is 2.46. The van der Waals surface area contributed by atoms with Crippen molar-refractivity contribution in [1.29, 1.82) is 0 Å². The van der Waals surface area contributed by atoms with Crippen LogP contribution in [0, 0.1) is 17.6 Å². The molecule has 0 spiro atoms. The fraction of sp³-hybridized carbons (Fsp3) is 0.421. The molecule has 3 heterocycles. The number of nitrogens with zero attached hydrogens (tertiary/aromatic N) is 1. The van der Waals surface area contributed by atoms with E-state index in [0.29, 0.717) is 31.0 Å². The maximum atomic E-state index is 14.0. The van der Waals surface area contributed by atoms with Crippen molar-refractivity contribution in [3.63, 3.8) is 0 Å². The van der Waals surface area contributed by atoms with Crippen molar-refractivity contribution in [2.24, 2.45) is 5.92 Å². The van der Waals surface area contributed by atoms with E-state index in [9.17, 15) is 13.6 Å². The molecule has 0 aliphatic carbocycles. The summed E-state index contributed by atoms with van der Waals surface area (Å²) in [6.45, 7) is 1.60. The molecular formula is C19H20F2N2O3. The van der Waals surface area contributed by atoms with Gasteiger partial charge in [-0.15, -0.1) is 0 Å². The zero-order chi connectivity index (χ0) is 18.1. The molecule has 2 fully saturated rings. The van der Waals surface area contributed by atoms with Gasteiger partial charge in [-0.1, -0.05) is 12.1 Å². The Morgan fingerprint density at radius 3 is 2.96 bits per heavy atom. The average molecular weight is 362 g/mol. The largest absolute Gasteiger partial charge is 0.467 e. The van der Waals surface area contributed by atoms with E-state index in [4.69, 9.17) is 9.15 Å². The second kappa shape index (κ2) is 7.17. The van der Waals surface area contributed by atoms with Crippen LogP contribution in [0.25, 0.3) is 0 Å². The topological polar surface area (TPSA) is 54.7 Å². The van der Waals surface area contributed by atoms with Gasteiger partial charge < -0.3 is 14.5 Å². The van der Waals surface area contributed by atoms with E-state index < -0.39 is 11.6 Å². The van der Waals surface area contributed by atoms with Gasteiger partial charge in [0.05, 0.1) is 24.8 Å². The fourth-order valence-corrected chi connectivity index (χ4v) is 3.89. The maximum absolute atomic E-state index is 14.0. The van der Waals surface area contributed by atoms with Crippen LogP contribution in [-0.2, 0) is 22.6 Å². The molecule has 0 saturated carbocycles. The Morgan fingerprint density at radius 1 is 1.27 bits per heavy atom. The van der Waals surface area contributed by atoms with Crippen LogP contribution in [0.1, 0.15) is 17.7 Å². The molecule has 26 heavy (non-hydrogen) atoms. The SMILES string of the molecule is O=C(NCc1ccco1)[C@H]1CN(Cc2cccc(F)c2F)[C@@H]2CCO[C@H]12. The molecule has 2 saturated heterocycles. The van der Waals surface area contributed by atoms with Gasteiger partial charge in [0.15, 0.2) is 11.6 Å². The molecule has 0 unspecified atom stereocenters. The maximum Gasteiger partial charge on any atom is 0.227 e. The van der Waals surface area contributed by atoms with E-state index in [-0.39, 0.29) is 30.5 Å². The monoisotopic (exact) mass is 362 g/mol. The van der Waals surface area contributed by atoms with Gasteiger partial charge >= 0.3 is 0 Å². The molecule has 4 rings (SSSR count). The summed E-state index contributed by atoms with van der Waals surface area (Å²) in [4.78, 5) is 14.6. The molecule has 3 atom stereocenters. The normalized spacial score (nSPS) is 25.4. The van der Waals surface area contributed by atoms with Crippen molar-refractivity contribution in [3.05, 3.63) is 59.6 Å². The van der Waals surface area contributed by atoms with Crippen molar-refractivity contribution in [3.8, 4) is 0 Å². The molecule has 5 nitrogen and oxygen atoms in total. The number of amides is 1. The second-order valence-corrected chi connectivity index (χ2v) is 6.74. The molecule has 138 valence electrons. The van der Waals surface area contributed by atoms with Crippen LogP contribution in [0.2, 0.25) is 0 Å². The highest BCUT2D eigenvalue weighted by Gasteiger charge is 2.48. The number of carbonyl (C=O) groups is 1. The number of fused-ring (bicyclic) bond motifs is 1. The fourth-order valence-electron chi connectivity index (χ4n) is 3.89. The van der Waals surface area contributed by atoms with Crippen LogP contribution < -0.4 is 5.32 Å². The minimum absolute atomic E-state index is 0.0389. The average Bonchev–Trinajstić information content (AvgIpc) is 3.36. The lowest BCUT2D eigenvalue weighted by atomic mass is 10.0. The summed E-state index contributed by atoms with van der Waals surface area (Å²) in [5, 5.41) is 2.87. The molecule has 1 amide bonds. The number of furan rings is 1. The number of carbonyl (C=O) groups excluding carboxylic acids is 1. The Balaban J connectivity index is 1.45. The van der Waals surface area contributed by atoms with Crippen molar-refractivity contribution >= 4 is 5.91 Å². The summed E-state index contributed by atoms with van der Waals surface area (Å²) in [7, 11) is 0. The molecule has 2 aliphatic rings. The number of ether oxygens (including phenoxy) is 1. The second-order valence-electron chi connectivity index (χ2n) is 6.74. The lowest BCUT2D eigenvalue weighted by Gasteiger charge is -2.22. The lowest BCUT2D eigenvalue weighted by Crippen LogP contribution is -2.37. The van der Waals surface area contributed by atoms with Crippen molar-refractivity contribution in [1.82, 2.24) is 10.2 Å². The van der Waals surface area contributed by atoms with E-state index in [1.165, 1.54) is 6.07 Å². The van der Waals surface area contributed by atoms with Gasteiger partial charge in [0.25, 0.3) is 0 Å². The third kappa shape index (κ3) is 3.24. The van der Waals surface area contributed by atoms with Crippen LogP contribution in [-0.4, -0.2) is 36.1 Å². The number of hydrogen-bond acceptors (Lipinski definition) is 4. The van der Waals surface area contributed by atoms with Crippen LogP contribution >= 0.6 is 0 Å². The zero-order valence-corrected chi connectivity index (χ0v) is 14.2. The number of halogens is 2. The minimum Gasteiger partial charge on any atom is -0.467 e. The highest BCUT2D eigenvalue weighted by atomic mass is 19.2. The van der Waals surface area contributed by atoms with Crippen molar-refractivity contribution < 1.29 is 22.7 Å². The first-order chi connectivity index (χ1) is 12.6. The van der Waals surface area contributed by atoms with Gasteiger partial charge in [-0.05, 0) is 24.6 Å². The van der Waals surface area contributed by atoms with Gasteiger partial charge in [-0.3, -0.25) is 9.69 Å².